The van der Waals surface area contributed by atoms with Gasteiger partial charge in [0.25, 0.3) is 5.91 Å². The Labute approximate surface area is 151 Å². The highest BCUT2D eigenvalue weighted by molar-refractivity contribution is 8.26. The third-order valence-corrected chi connectivity index (χ3v) is 5.71. The van der Waals surface area contributed by atoms with Gasteiger partial charge in [0.05, 0.1) is 16.1 Å². The molecule has 1 saturated heterocycles. The number of nitrogens with one attached hydrogen (secondary N) is 1. The average Bonchev–Trinajstić information content (AvgIpc) is 3.15. The fourth-order valence-corrected chi connectivity index (χ4v) is 4.46. The minimum absolute atomic E-state index is 0.146. The number of thiocarbonyl (C=S) groups is 1. The van der Waals surface area contributed by atoms with Gasteiger partial charge in [-0.15, -0.1) is 11.3 Å². The third kappa shape index (κ3) is 2.71. The third-order valence-electron chi connectivity index (χ3n) is 3.66. The zero-order valence-electron chi connectivity index (χ0n) is 12.3. The highest BCUT2D eigenvalue weighted by Crippen LogP contribution is 2.35. The number of aromatic nitrogens is 1. The van der Waals surface area contributed by atoms with Crippen LogP contribution in [0.1, 0.15) is 4.88 Å². The number of para-hydroxylation sites is 1. The molecule has 0 aliphatic carbocycles. The molecule has 1 aromatic carbocycles. The summed E-state index contributed by atoms with van der Waals surface area (Å²) in [6, 6.07) is 9.81. The number of hydrogen-bond acceptors (Lipinski definition) is 6. The van der Waals surface area contributed by atoms with Crippen molar-refractivity contribution < 1.29 is 4.79 Å². The fraction of sp³-hybridized carbons (Fsp3) is 0. The number of nitrogen functional groups attached to an aromatic ring is 1. The molecule has 118 valence electrons. The van der Waals surface area contributed by atoms with Crippen LogP contribution in [0, 0.1) is 0 Å². The summed E-state index contributed by atoms with van der Waals surface area (Å²) in [7, 11) is 0. The quantitative estimate of drug-likeness (QED) is 0.527. The summed E-state index contributed by atoms with van der Waals surface area (Å²) in [6.45, 7) is 0. The van der Waals surface area contributed by atoms with Gasteiger partial charge in [-0.1, -0.05) is 42.2 Å². The average molecular weight is 369 g/mol. The first-order chi connectivity index (χ1) is 11.6. The zero-order valence-corrected chi connectivity index (χ0v) is 14.7. The summed E-state index contributed by atoms with van der Waals surface area (Å²) >= 11 is 7.83. The Bertz CT molecular complexity index is 1020. The van der Waals surface area contributed by atoms with Crippen LogP contribution < -0.4 is 11.1 Å². The van der Waals surface area contributed by atoms with E-state index in [2.05, 4.69) is 10.3 Å². The predicted octanol–water partition coefficient (Wildman–Crippen LogP) is 4.03. The normalized spacial score (nSPS) is 16.1. The van der Waals surface area contributed by atoms with Crippen molar-refractivity contribution in [2.24, 2.45) is 0 Å². The first-order valence-electron chi connectivity index (χ1n) is 7.09. The van der Waals surface area contributed by atoms with Crippen LogP contribution in [-0.4, -0.2) is 15.2 Å². The number of hydrogen-bond donors (Lipinski definition) is 2. The number of thiophene rings is 1. The van der Waals surface area contributed by atoms with E-state index in [1.807, 2.05) is 41.8 Å². The van der Waals surface area contributed by atoms with Gasteiger partial charge >= 0.3 is 0 Å². The number of fused-ring (bicyclic) bond motifs is 1. The maximum absolute atomic E-state index is 11.8. The molecule has 1 aliphatic rings. The molecule has 24 heavy (non-hydrogen) atoms. The molecule has 0 atom stereocenters. The molecule has 4 rings (SSSR count). The van der Waals surface area contributed by atoms with Crippen molar-refractivity contribution >= 4 is 68.2 Å². The molecule has 3 N–H and O–H groups in total. The number of nitrogens with two attached hydrogens (primary N) is 1. The smallest absolute Gasteiger partial charge is 0.263 e. The number of benzene rings is 1. The molecule has 2 aromatic heterocycles. The van der Waals surface area contributed by atoms with E-state index >= 15 is 0 Å². The van der Waals surface area contributed by atoms with Gasteiger partial charge in [-0.05, 0) is 29.2 Å². The van der Waals surface area contributed by atoms with Gasteiger partial charge in [0.15, 0.2) is 0 Å². The highest BCUT2D eigenvalue weighted by atomic mass is 32.2. The van der Waals surface area contributed by atoms with E-state index in [1.54, 1.807) is 17.5 Å². The van der Waals surface area contributed by atoms with Gasteiger partial charge < -0.3 is 11.1 Å². The van der Waals surface area contributed by atoms with Crippen LogP contribution in [0.4, 0.5) is 5.69 Å². The van der Waals surface area contributed by atoms with E-state index < -0.39 is 0 Å². The van der Waals surface area contributed by atoms with Crippen molar-refractivity contribution in [3.63, 3.8) is 0 Å². The molecular weight excluding hydrogens is 358 g/mol. The highest BCUT2D eigenvalue weighted by Gasteiger charge is 2.22. The van der Waals surface area contributed by atoms with Crippen LogP contribution in [0.2, 0.25) is 0 Å². The molecule has 0 radical (unpaired) electrons. The number of rotatable bonds is 2. The lowest BCUT2D eigenvalue weighted by Gasteiger charge is -2.06. The van der Waals surface area contributed by atoms with Crippen molar-refractivity contribution in [3.8, 4) is 11.1 Å². The molecule has 0 unspecified atom stereocenters. The molecule has 0 spiro atoms. The second kappa shape index (κ2) is 6.01. The maximum atomic E-state index is 11.8. The summed E-state index contributed by atoms with van der Waals surface area (Å²) < 4.78 is 0.492. The van der Waals surface area contributed by atoms with E-state index in [1.165, 1.54) is 11.8 Å². The monoisotopic (exact) mass is 369 g/mol. The van der Waals surface area contributed by atoms with Crippen LogP contribution in [0.3, 0.4) is 0 Å². The molecule has 1 fully saturated rings. The molecule has 7 heteroatoms. The molecule has 4 nitrogen and oxygen atoms in total. The Kier molecular flexibility index (Phi) is 3.84. The lowest BCUT2D eigenvalue weighted by molar-refractivity contribution is -0.115. The van der Waals surface area contributed by atoms with Gasteiger partial charge in [-0.25, -0.2) is 0 Å². The van der Waals surface area contributed by atoms with Crippen molar-refractivity contribution in [1.82, 2.24) is 10.3 Å². The molecule has 1 aliphatic heterocycles. The number of carbonyl (C=O) groups excluding carboxylic acids is 1. The van der Waals surface area contributed by atoms with Crippen molar-refractivity contribution in [2.75, 3.05) is 5.73 Å². The first kappa shape index (κ1) is 15.3. The van der Waals surface area contributed by atoms with E-state index in [0.29, 0.717) is 14.9 Å². The Morgan fingerprint density at radius 3 is 2.92 bits per heavy atom. The molecular formula is C17H11N3OS3. The first-order valence-corrected chi connectivity index (χ1v) is 9.19. The Hall–Kier alpha value is -2.22. The summed E-state index contributed by atoms with van der Waals surface area (Å²) in [5.74, 6) is -0.146. The topological polar surface area (TPSA) is 68.0 Å². The Balaban J connectivity index is 1.73. The summed E-state index contributed by atoms with van der Waals surface area (Å²) in [5.41, 5.74) is 9.81. The molecule has 1 amide bonds. The van der Waals surface area contributed by atoms with Crippen molar-refractivity contribution in [3.05, 3.63) is 51.7 Å². The molecule has 3 heterocycles. The number of amides is 1. The molecule has 3 aromatic rings. The van der Waals surface area contributed by atoms with Crippen LogP contribution in [0.5, 0.6) is 0 Å². The zero-order chi connectivity index (χ0) is 16.7. The maximum Gasteiger partial charge on any atom is 0.263 e. The molecule has 0 saturated carbocycles. The molecule has 0 bridgehead atoms. The van der Waals surface area contributed by atoms with E-state index in [-0.39, 0.29) is 5.91 Å². The van der Waals surface area contributed by atoms with Gasteiger partial charge in [0.1, 0.15) is 4.32 Å². The van der Waals surface area contributed by atoms with Gasteiger partial charge in [-0.2, -0.15) is 0 Å². The number of anilines is 1. The second-order valence-corrected chi connectivity index (χ2v) is 7.85. The Morgan fingerprint density at radius 1 is 1.29 bits per heavy atom. The van der Waals surface area contributed by atoms with Crippen molar-refractivity contribution in [1.29, 1.82) is 0 Å². The van der Waals surface area contributed by atoms with Crippen molar-refractivity contribution in [2.45, 2.75) is 0 Å². The lowest BCUT2D eigenvalue weighted by Crippen LogP contribution is -2.17. The van der Waals surface area contributed by atoms with E-state index in [4.69, 9.17) is 18.0 Å². The van der Waals surface area contributed by atoms with Crippen LogP contribution in [0.15, 0.2) is 46.8 Å². The van der Waals surface area contributed by atoms with Gasteiger partial charge in [-0.3, -0.25) is 9.78 Å². The number of carbonyl (C=O) groups is 1. The summed E-state index contributed by atoms with van der Waals surface area (Å²) in [6.07, 6.45) is 3.64. The van der Waals surface area contributed by atoms with Gasteiger partial charge in [0.2, 0.25) is 0 Å². The summed E-state index contributed by atoms with van der Waals surface area (Å²) in [5, 5.41) is 5.58. The van der Waals surface area contributed by atoms with Crippen LogP contribution in [0.25, 0.3) is 28.1 Å². The van der Waals surface area contributed by atoms with Gasteiger partial charge in [0, 0.05) is 22.0 Å². The fourth-order valence-electron chi connectivity index (χ4n) is 2.51. The predicted molar refractivity (Wildman–Crippen MR) is 106 cm³/mol. The number of pyridine rings is 1. The Morgan fingerprint density at radius 2 is 2.12 bits per heavy atom. The van der Waals surface area contributed by atoms with E-state index in [0.717, 1.165) is 26.9 Å². The van der Waals surface area contributed by atoms with Crippen LogP contribution >= 0.6 is 35.3 Å². The number of thioether (sulfide) groups is 1. The largest absolute Gasteiger partial charge is 0.398 e. The minimum atomic E-state index is -0.146. The summed E-state index contributed by atoms with van der Waals surface area (Å²) in [4.78, 5) is 17.8. The minimum Gasteiger partial charge on any atom is -0.398 e. The number of nitrogens with zero attached hydrogens (tertiary/aromatic N) is 1. The second-order valence-electron chi connectivity index (χ2n) is 5.19. The van der Waals surface area contributed by atoms with Crippen LogP contribution in [-0.2, 0) is 4.79 Å². The lowest BCUT2D eigenvalue weighted by atomic mass is 10.1. The standard InChI is InChI=1S/C17H11N3OS3/c18-15-11-3-1-2-4-13(11)19-7-12(15)9-5-10(23-8-9)6-14-16(21)20-17(22)24-14/h1-8H,(H2,18,19)(H,20,21,22)/b14-6-. The SMILES string of the molecule is Nc1c(-c2csc(/C=C3\SC(=S)NC3=O)c2)cnc2ccccc12. The van der Waals surface area contributed by atoms with E-state index in [9.17, 15) is 4.79 Å².